The molecular weight excluding hydrogens is 234 g/mol. The quantitative estimate of drug-likeness (QED) is 0.893. The first-order valence-corrected chi connectivity index (χ1v) is 7.05. The summed E-state index contributed by atoms with van der Waals surface area (Å²) in [4.78, 5) is 0. The fourth-order valence-corrected chi connectivity index (χ4v) is 3.07. The second kappa shape index (κ2) is 6.05. The Morgan fingerprint density at radius 3 is 2.82 bits per heavy atom. The molecule has 2 rings (SSSR count). The Hall–Kier alpha value is -1.03. The van der Waals surface area contributed by atoms with Crippen LogP contribution in [0.15, 0.2) is 18.2 Å². The summed E-state index contributed by atoms with van der Waals surface area (Å²) in [5, 5.41) is 3.55. The van der Waals surface area contributed by atoms with E-state index in [9.17, 15) is 0 Å². The number of hydrogen-bond donors (Lipinski definition) is 1. The Bertz CT molecular complexity index is 364. The molecule has 1 heterocycles. The van der Waals surface area contributed by atoms with Crippen LogP contribution in [0.4, 0.5) is 5.69 Å². The van der Waals surface area contributed by atoms with Crippen LogP contribution < -0.4 is 14.8 Å². The molecule has 1 saturated heterocycles. The lowest BCUT2D eigenvalue weighted by Gasteiger charge is -2.24. The van der Waals surface area contributed by atoms with Crippen molar-refractivity contribution in [2.75, 3.05) is 31.0 Å². The van der Waals surface area contributed by atoms with Gasteiger partial charge in [-0.2, -0.15) is 11.8 Å². The molecule has 1 fully saturated rings. The van der Waals surface area contributed by atoms with Crippen molar-refractivity contribution >= 4 is 17.4 Å². The molecule has 4 heteroatoms. The molecule has 0 spiro atoms. The van der Waals surface area contributed by atoms with E-state index in [0.717, 1.165) is 17.2 Å². The zero-order valence-corrected chi connectivity index (χ0v) is 11.2. The lowest BCUT2D eigenvalue weighted by molar-refractivity contribution is 0.404. The van der Waals surface area contributed by atoms with Crippen LogP contribution in [-0.4, -0.2) is 31.8 Å². The number of thioether (sulfide) groups is 1. The topological polar surface area (TPSA) is 30.5 Å². The molecule has 1 N–H and O–H groups in total. The summed E-state index contributed by atoms with van der Waals surface area (Å²) in [6.45, 7) is 0. The van der Waals surface area contributed by atoms with Gasteiger partial charge in [-0.05, 0) is 30.7 Å². The molecule has 0 bridgehead atoms. The first kappa shape index (κ1) is 12.4. The van der Waals surface area contributed by atoms with Gasteiger partial charge < -0.3 is 14.8 Å². The highest BCUT2D eigenvalue weighted by Gasteiger charge is 2.15. The standard InChI is InChI=1S/C13H19NO2S/c1-15-11-5-6-13(16-2)12(8-11)14-10-4-3-7-17-9-10/h5-6,8,10,14H,3-4,7,9H2,1-2H3. The highest BCUT2D eigenvalue weighted by Crippen LogP contribution is 2.31. The molecular formula is C13H19NO2S. The van der Waals surface area contributed by atoms with E-state index in [4.69, 9.17) is 9.47 Å². The molecule has 1 aromatic carbocycles. The second-order valence-electron chi connectivity index (χ2n) is 4.12. The molecule has 1 atom stereocenters. The van der Waals surface area contributed by atoms with E-state index < -0.39 is 0 Å². The summed E-state index contributed by atoms with van der Waals surface area (Å²) >= 11 is 2.01. The minimum Gasteiger partial charge on any atom is -0.497 e. The van der Waals surface area contributed by atoms with Gasteiger partial charge in [0.1, 0.15) is 11.5 Å². The monoisotopic (exact) mass is 253 g/mol. The third-order valence-electron chi connectivity index (χ3n) is 2.93. The van der Waals surface area contributed by atoms with Gasteiger partial charge in [-0.1, -0.05) is 0 Å². The number of anilines is 1. The van der Waals surface area contributed by atoms with Gasteiger partial charge in [0, 0.05) is 17.9 Å². The van der Waals surface area contributed by atoms with Crippen molar-refractivity contribution in [1.29, 1.82) is 0 Å². The maximum absolute atomic E-state index is 5.36. The zero-order valence-electron chi connectivity index (χ0n) is 10.4. The summed E-state index contributed by atoms with van der Waals surface area (Å²) in [5.41, 5.74) is 1.03. The van der Waals surface area contributed by atoms with Gasteiger partial charge in [0.2, 0.25) is 0 Å². The van der Waals surface area contributed by atoms with E-state index in [2.05, 4.69) is 5.32 Å². The Labute approximate surface area is 107 Å². The third kappa shape index (κ3) is 3.22. The molecule has 0 aliphatic carbocycles. The summed E-state index contributed by atoms with van der Waals surface area (Å²) in [6.07, 6.45) is 2.52. The Kier molecular flexibility index (Phi) is 4.42. The SMILES string of the molecule is COc1ccc(OC)c(NC2CCCSC2)c1. The number of hydrogen-bond acceptors (Lipinski definition) is 4. The van der Waals surface area contributed by atoms with E-state index in [1.165, 1.54) is 24.3 Å². The van der Waals surface area contributed by atoms with Gasteiger partial charge in [0.15, 0.2) is 0 Å². The predicted molar refractivity (Wildman–Crippen MR) is 73.5 cm³/mol. The van der Waals surface area contributed by atoms with Gasteiger partial charge in [-0.15, -0.1) is 0 Å². The molecule has 0 amide bonds. The van der Waals surface area contributed by atoms with E-state index in [-0.39, 0.29) is 0 Å². The minimum absolute atomic E-state index is 0.537. The minimum atomic E-state index is 0.537. The van der Waals surface area contributed by atoms with E-state index in [1.54, 1.807) is 14.2 Å². The van der Waals surface area contributed by atoms with Gasteiger partial charge >= 0.3 is 0 Å². The average molecular weight is 253 g/mol. The normalized spacial score (nSPS) is 19.8. The van der Waals surface area contributed by atoms with Crippen molar-refractivity contribution in [3.8, 4) is 11.5 Å². The van der Waals surface area contributed by atoms with Crippen molar-refractivity contribution in [3.05, 3.63) is 18.2 Å². The van der Waals surface area contributed by atoms with Crippen molar-refractivity contribution < 1.29 is 9.47 Å². The Morgan fingerprint density at radius 2 is 2.18 bits per heavy atom. The van der Waals surface area contributed by atoms with E-state index in [0.29, 0.717) is 6.04 Å². The second-order valence-corrected chi connectivity index (χ2v) is 5.27. The molecule has 0 saturated carbocycles. The summed E-state index contributed by atoms with van der Waals surface area (Å²) < 4.78 is 10.6. The molecule has 1 aromatic rings. The average Bonchev–Trinajstić information content (AvgIpc) is 2.40. The number of ether oxygens (including phenoxy) is 2. The van der Waals surface area contributed by atoms with Crippen molar-refractivity contribution in [2.24, 2.45) is 0 Å². The third-order valence-corrected chi connectivity index (χ3v) is 4.14. The molecule has 1 aliphatic rings. The highest BCUT2D eigenvalue weighted by molar-refractivity contribution is 7.99. The largest absolute Gasteiger partial charge is 0.497 e. The summed E-state index contributed by atoms with van der Waals surface area (Å²) in [6, 6.07) is 6.39. The van der Waals surface area contributed by atoms with Crippen LogP contribution in [0.3, 0.4) is 0 Å². The molecule has 94 valence electrons. The molecule has 1 aliphatic heterocycles. The van der Waals surface area contributed by atoms with Crippen LogP contribution in [0.1, 0.15) is 12.8 Å². The molecule has 17 heavy (non-hydrogen) atoms. The zero-order chi connectivity index (χ0) is 12.1. The summed E-state index contributed by atoms with van der Waals surface area (Å²) in [7, 11) is 3.38. The van der Waals surface area contributed by atoms with Crippen LogP contribution in [0.5, 0.6) is 11.5 Å². The van der Waals surface area contributed by atoms with Crippen LogP contribution in [0, 0.1) is 0 Å². The molecule has 0 radical (unpaired) electrons. The maximum Gasteiger partial charge on any atom is 0.142 e. The lowest BCUT2D eigenvalue weighted by Crippen LogP contribution is -2.25. The fourth-order valence-electron chi connectivity index (χ4n) is 2.00. The Morgan fingerprint density at radius 1 is 1.29 bits per heavy atom. The summed E-state index contributed by atoms with van der Waals surface area (Å²) in [5.74, 6) is 4.19. The Balaban J connectivity index is 2.11. The van der Waals surface area contributed by atoms with Gasteiger partial charge in [-0.3, -0.25) is 0 Å². The van der Waals surface area contributed by atoms with Crippen LogP contribution in [0.25, 0.3) is 0 Å². The van der Waals surface area contributed by atoms with Crippen molar-refractivity contribution in [2.45, 2.75) is 18.9 Å². The van der Waals surface area contributed by atoms with Crippen LogP contribution in [-0.2, 0) is 0 Å². The maximum atomic E-state index is 5.36. The van der Waals surface area contributed by atoms with Crippen molar-refractivity contribution in [1.82, 2.24) is 0 Å². The van der Waals surface area contributed by atoms with Crippen LogP contribution in [0.2, 0.25) is 0 Å². The molecule has 1 unspecified atom stereocenters. The lowest BCUT2D eigenvalue weighted by atomic mass is 10.1. The number of rotatable bonds is 4. The molecule has 0 aromatic heterocycles. The first-order valence-electron chi connectivity index (χ1n) is 5.90. The first-order chi connectivity index (χ1) is 8.33. The number of nitrogens with one attached hydrogen (secondary N) is 1. The number of methoxy groups -OCH3 is 2. The smallest absolute Gasteiger partial charge is 0.142 e. The number of benzene rings is 1. The molecule has 3 nitrogen and oxygen atoms in total. The highest BCUT2D eigenvalue weighted by atomic mass is 32.2. The van der Waals surface area contributed by atoms with E-state index in [1.807, 2.05) is 30.0 Å². The fraction of sp³-hybridized carbons (Fsp3) is 0.538. The van der Waals surface area contributed by atoms with Crippen molar-refractivity contribution in [3.63, 3.8) is 0 Å². The predicted octanol–water partition coefficient (Wildman–Crippen LogP) is 3.01. The van der Waals surface area contributed by atoms with Gasteiger partial charge in [0.25, 0.3) is 0 Å². The van der Waals surface area contributed by atoms with Gasteiger partial charge in [-0.25, -0.2) is 0 Å². The van der Waals surface area contributed by atoms with E-state index >= 15 is 0 Å². The van der Waals surface area contributed by atoms with Crippen LogP contribution >= 0.6 is 11.8 Å². The van der Waals surface area contributed by atoms with Gasteiger partial charge in [0.05, 0.1) is 19.9 Å².